The molecular formula is C13H20N2OS. The summed E-state index contributed by atoms with van der Waals surface area (Å²) in [6.45, 7) is 8.08. The second-order valence-corrected chi connectivity index (χ2v) is 5.62. The van der Waals surface area contributed by atoms with E-state index in [1.165, 1.54) is 4.88 Å². The second-order valence-electron chi connectivity index (χ2n) is 4.45. The molecule has 0 aliphatic rings. The quantitative estimate of drug-likeness (QED) is 0.634. The zero-order valence-corrected chi connectivity index (χ0v) is 11.7. The molecule has 17 heavy (non-hydrogen) atoms. The molecule has 0 aliphatic heterocycles. The standard InChI is InChI=1S/C13H20N2OS/c1-5-11-6-7-12(17-11)10(4)14-15-13(16)8-9(2)3/h6-7,9H,5,8H2,1-4H3,(H,15,16)/b14-10+. The molecule has 1 rings (SSSR count). The van der Waals surface area contributed by atoms with Crippen LogP contribution in [-0.4, -0.2) is 11.6 Å². The highest BCUT2D eigenvalue weighted by Gasteiger charge is 2.05. The molecule has 0 saturated carbocycles. The van der Waals surface area contributed by atoms with E-state index in [-0.39, 0.29) is 5.91 Å². The number of thiophene rings is 1. The molecule has 0 spiro atoms. The van der Waals surface area contributed by atoms with E-state index < -0.39 is 0 Å². The lowest BCUT2D eigenvalue weighted by Crippen LogP contribution is -2.20. The first-order valence-electron chi connectivity index (χ1n) is 5.95. The normalized spacial score (nSPS) is 11.9. The highest BCUT2D eigenvalue weighted by atomic mass is 32.1. The number of carbonyl (C=O) groups is 1. The van der Waals surface area contributed by atoms with Crippen molar-refractivity contribution in [3.05, 3.63) is 21.9 Å². The number of nitrogens with zero attached hydrogens (tertiary/aromatic N) is 1. The third-order valence-electron chi connectivity index (χ3n) is 2.31. The zero-order chi connectivity index (χ0) is 12.8. The smallest absolute Gasteiger partial charge is 0.240 e. The monoisotopic (exact) mass is 252 g/mol. The summed E-state index contributed by atoms with van der Waals surface area (Å²) in [5.41, 5.74) is 3.46. The van der Waals surface area contributed by atoms with Crippen LogP contribution in [0.15, 0.2) is 17.2 Å². The Morgan fingerprint density at radius 3 is 2.71 bits per heavy atom. The summed E-state index contributed by atoms with van der Waals surface area (Å²) in [6, 6.07) is 4.16. The van der Waals surface area contributed by atoms with Crippen LogP contribution in [0.5, 0.6) is 0 Å². The lowest BCUT2D eigenvalue weighted by molar-refractivity contribution is -0.121. The predicted molar refractivity (Wildman–Crippen MR) is 73.5 cm³/mol. The Balaban J connectivity index is 2.57. The van der Waals surface area contributed by atoms with Crippen molar-refractivity contribution < 1.29 is 4.79 Å². The SMILES string of the molecule is CCc1ccc(/C(C)=N/NC(=O)CC(C)C)s1. The molecule has 3 nitrogen and oxygen atoms in total. The van der Waals surface area contributed by atoms with Crippen LogP contribution in [0.25, 0.3) is 0 Å². The molecule has 0 radical (unpaired) electrons. The van der Waals surface area contributed by atoms with Gasteiger partial charge in [0.2, 0.25) is 5.91 Å². The van der Waals surface area contributed by atoms with Crippen LogP contribution in [0, 0.1) is 5.92 Å². The average Bonchev–Trinajstić information content (AvgIpc) is 2.73. The Morgan fingerprint density at radius 2 is 2.18 bits per heavy atom. The van der Waals surface area contributed by atoms with E-state index in [4.69, 9.17) is 0 Å². The fourth-order valence-corrected chi connectivity index (χ4v) is 2.27. The van der Waals surface area contributed by atoms with Crippen LogP contribution in [-0.2, 0) is 11.2 Å². The summed E-state index contributed by atoms with van der Waals surface area (Å²) in [5.74, 6) is 0.338. The number of rotatable bonds is 5. The van der Waals surface area contributed by atoms with Crippen molar-refractivity contribution >= 4 is 23.0 Å². The lowest BCUT2D eigenvalue weighted by atomic mass is 10.1. The van der Waals surface area contributed by atoms with Crippen LogP contribution in [0.1, 0.15) is 43.9 Å². The fourth-order valence-electron chi connectivity index (χ4n) is 1.38. The predicted octanol–water partition coefficient (Wildman–Crippen LogP) is 3.20. The first kappa shape index (κ1) is 13.9. The van der Waals surface area contributed by atoms with Crippen molar-refractivity contribution in [2.24, 2.45) is 11.0 Å². The number of hydrogen-bond donors (Lipinski definition) is 1. The van der Waals surface area contributed by atoms with Crippen LogP contribution < -0.4 is 5.43 Å². The molecule has 1 N–H and O–H groups in total. The van der Waals surface area contributed by atoms with Gasteiger partial charge in [-0.1, -0.05) is 20.8 Å². The van der Waals surface area contributed by atoms with E-state index in [0.717, 1.165) is 17.0 Å². The van der Waals surface area contributed by atoms with Gasteiger partial charge in [0.05, 0.1) is 10.6 Å². The summed E-state index contributed by atoms with van der Waals surface area (Å²) in [5, 5.41) is 4.12. The maximum atomic E-state index is 11.4. The second kappa shape index (κ2) is 6.55. The minimum atomic E-state index is -0.0216. The first-order valence-corrected chi connectivity index (χ1v) is 6.76. The number of hydrazone groups is 1. The van der Waals surface area contributed by atoms with E-state index >= 15 is 0 Å². The fraction of sp³-hybridized carbons (Fsp3) is 0.538. The Bertz CT molecular complexity index is 407. The number of amides is 1. The summed E-state index contributed by atoms with van der Waals surface area (Å²) in [7, 11) is 0. The van der Waals surface area contributed by atoms with Gasteiger partial charge in [0.1, 0.15) is 0 Å². The van der Waals surface area contributed by atoms with Gasteiger partial charge in [-0.15, -0.1) is 11.3 Å². The zero-order valence-electron chi connectivity index (χ0n) is 10.9. The van der Waals surface area contributed by atoms with Gasteiger partial charge in [-0.3, -0.25) is 4.79 Å². The highest BCUT2D eigenvalue weighted by Crippen LogP contribution is 2.17. The number of aryl methyl sites for hydroxylation is 1. The minimum absolute atomic E-state index is 0.0216. The maximum Gasteiger partial charge on any atom is 0.240 e. The topological polar surface area (TPSA) is 41.5 Å². The third-order valence-corrected chi connectivity index (χ3v) is 3.65. The highest BCUT2D eigenvalue weighted by molar-refractivity contribution is 7.14. The van der Waals surface area contributed by atoms with Crippen LogP contribution in [0.4, 0.5) is 0 Å². The molecule has 4 heteroatoms. The minimum Gasteiger partial charge on any atom is -0.273 e. The van der Waals surface area contributed by atoms with E-state index in [9.17, 15) is 4.79 Å². The molecule has 1 aromatic heterocycles. The Kier molecular flexibility index (Phi) is 5.35. The van der Waals surface area contributed by atoms with Crippen molar-refractivity contribution in [2.45, 2.75) is 40.5 Å². The molecule has 0 bridgehead atoms. The van der Waals surface area contributed by atoms with E-state index in [1.54, 1.807) is 11.3 Å². The van der Waals surface area contributed by atoms with Crippen molar-refractivity contribution in [2.75, 3.05) is 0 Å². The van der Waals surface area contributed by atoms with E-state index in [0.29, 0.717) is 12.3 Å². The van der Waals surface area contributed by atoms with Crippen molar-refractivity contribution in [3.63, 3.8) is 0 Å². The average molecular weight is 252 g/mol. The number of hydrogen-bond acceptors (Lipinski definition) is 3. The molecule has 1 heterocycles. The molecule has 0 unspecified atom stereocenters. The molecule has 1 aromatic rings. The van der Waals surface area contributed by atoms with Gasteiger partial charge in [-0.2, -0.15) is 5.10 Å². The maximum absolute atomic E-state index is 11.4. The molecule has 0 aromatic carbocycles. The third kappa shape index (κ3) is 4.69. The molecule has 0 fully saturated rings. The lowest BCUT2D eigenvalue weighted by Gasteiger charge is -2.03. The van der Waals surface area contributed by atoms with Gasteiger partial charge < -0.3 is 0 Å². The van der Waals surface area contributed by atoms with Gasteiger partial charge in [-0.05, 0) is 31.4 Å². The van der Waals surface area contributed by atoms with Crippen molar-refractivity contribution in [1.82, 2.24) is 5.43 Å². The molecule has 0 saturated heterocycles. The summed E-state index contributed by atoms with van der Waals surface area (Å²) in [4.78, 5) is 13.9. The molecule has 1 amide bonds. The van der Waals surface area contributed by atoms with Gasteiger partial charge >= 0.3 is 0 Å². The summed E-state index contributed by atoms with van der Waals surface area (Å²) in [6.07, 6.45) is 1.55. The molecule has 94 valence electrons. The van der Waals surface area contributed by atoms with Gasteiger partial charge in [0.25, 0.3) is 0 Å². The van der Waals surface area contributed by atoms with E-state index in [1.807, 2.05) is 20.8 Å². The number of carbonyl (C=O) groups excluding carboxylic acids is 1. The Labute approximate surface area is 107 Å². The van der Waals surface area contributed by atoms with Crippen LogP contribution in [0.2, 0.25) is 0 Å². The summed E-state index contributed by atoms with van der Waals surface area (Å²) >= 11 is 1.72. The van der Waals surface area contributed by atoms with Crippen LogP contribution in [0.3, 0.4) is 0 Å². The first-order chi connectivity index (χ1) is 8.02. The van der Waals surface area contributed by atoms with Gasteiger partial charge in [0, 0.05) is 11.3 Å². The van der Waals surface area contributed by atoms with E-state index in [2.05, 4.69) is 29.6 Å². The number of nitrogens with one attached hydrogen (secondary N) is 1. The molecule has 0 atom stereocenters. The van der Waals surface area contributed by atoms with Gasteiger partial charge in [0.15, 0.2) is 0 Å². The molecular weight excluding hydrogens is 232 g/mol. The Morgan fingerprint density at radius 1 is 1.47 bits per heavy atom. The molecule has 0 aliphatic carbocycles. The Hall–Kier alpha value is -1.16. The van der Waals surface area contributed by atoms with Crippen molar-refractivity contribution in [3.8, 4) is 0 Å². The van der Waals surface area contributed by atoms with Crippen LogP contribution >= 0.6 is 11.3 Å². The van der Waals surface area contributed by atoms with Crippen molar-refractivity contribution in [1.29, 1.82) is 0 Å². The van der Waals surface area contributed by atoms with Gasteiger partial charge in [-0.25, -0.2) is 5.43 Å². The largest absolute Gasteiger partial charge is 0.273 e. The summed E-state index contributed by atoms with van der Waals surface area (Å²) < 4.78 is 0.